The van der Waals surface area contributed by atoms with E-state index >= 15 is 0 Å². The van der Waals surface area contributed by atoms with Gasteiger partial charge in [-0.05, 0) is 25.7 Å². The Labute approximate surface area is 171 Å². The van der Waals surface area contributed by atoms with E-state index in [-0.39, 0.29) is 6.04 Å². The molecule has 1 atom stereocenters. The molecule has 1 aliphatic heterocycles. The molecule has 5 heterocycles. The summed E-state index contributed by atoms with van der Waals surface area (Å²) in [6.45, 7) is 2.19. The summed E-state index contributed by atoms with van der Waals surface area (Å²) >= 11 is 1.55. The van der Waals surface area contributed by atoms with Gasteiger partial charge >= 0.3 is 0 Å². The third-order valence-corrected chi connectivity index (χ3v) is 6.55. The smallest absolute Gasteiger partial charge is 0.237 e. The lowest BCUT2D eigenvalue weighted by Gasteiger charge is -2.45. The lowest BCUT2D eigenvalue weighted by Crippen LogP contribution is -2.46. The Kier molecular flexibility index (Phi) is 3.73. The zero-order chi connectivity index (χ0) is 19.4. The molecule has 0 radical (unpaired) electrons. The van der Waals surface area contributed by atoms with Crippen LogP contribution < -0.4 is 4.90 Å². The Morgan fingerprint density at radius 3 is 2.83 bits per heavy atom. The average Bonchev–Trinajstić information content (AvgIpc) is 3.46. The quantitative estimate of drug-likeness (QED) is 0.515. The molecule has 4 aromatic rings. The number of rotatable bonds is 4. The summed E-state index contributed by atoms with van der Waals surface area (Å²) in [6.07, 6.45) is 13.6. The fraction of sp³-hybridized carbons (Fsp3) is 0.368. The highest BCUT2D eigenvalue weighted by Crippen LogP contribution is 2.43. The van der Waals surface area contributed by atoms with E-state index in [1.54, 1.807) is 30.1 Å². The molecule has 1 fully saturated rings. The molecule has 1 saturated carbocycles. The van der Waals surface area contributed by atoms with Crippen molar-refractivity contribution in [3.05, 3.63) is 42.3 Å². The zero-order valence-electron chi connectivity index (χ0n) is 15.9. The molecule has 1 aliphatic carbocycles. The third kappa shape index (κ3) is 2.45. The van der Waals surface area contributed by atoms with Crippen LogP contribution in [0.25, 0.3) is 22.5 Å². The summed E-state index contributed by atoms with van der Waals surface area (Å²) in [5.74, 6) is 3.26. The minimum absolute atomic E-state index is 0.166. The van der Waals surface area contributed by atoms with Crippen molar-refractivity contribution < 1.29 is 0 Å². The molecule has 0 N–H and O–H groups in total. The maximum atomic E-state index is 5.03. The van der Waals surface area contributed by atoms with Gasteiger partial charge in [-0.1, -0.05) is 6.92 Å². The maximum absolute atomic E-state index is 5.03. The second kappa shape index (κ2) is 6.45. The lowest BCUT2D eigenvalue weighted by molar-refractivity contribution is 0.341. The Morgan fingerprint density at radius 2 is 2.07 bits per heavy atom. The van der Waals surface area contributed by atoms with Gasteiger partial charge in [-0.3, -0.25) is 9.13 Å². The van der Waals surface area contributed by atoms with Crippen molar-refractivity contribution in [2.45, 2.75) is 44.7 Å². The van der Waals surface area contributed by atoms with Crippen molar-refractivity contribution in [1.29, 1.82) is 0 Å². The Morgan fingerprint density at radius 1 is 1.14 bits per heavy atom. The number of anilines is 1. The molecule has 4 aromatic heterocycles. The van der Waals surface area contributed by atoms with Crippen LogP contribution in [-0.4, -0.2) is 45.3 Å². The van der Waals surface area contributed by atoms with Crippen LogP contribution in [0, 0.1) is 0 Å². The van der Waals surface area contributed by atoms with Crippen LogP contribution in [0.4, 0.5) is 5.82 Å². The molecular weight excluding hydrogens is 386 g/mol. The lowest BCUT2D eigenvalue weighted by atomic mass is 9.89. The highest BCUT2D eigenvalue weighted by molar-refractivity contribution is 7.13. The monoisotopic (exact) mass is 405 g/mol. The first-order valence-corrected chi connectivity index (χ1v) is 10.7. The van der Waals surface area contributed by atoms with Gasteiger partial charge in [0.15, 0.2) is 22.5 Å². The highest BCUT2D eigenvalue weighted by atomic mass is 32.1. The van der Waals surface area contributed by atoms with Crippen molar-refractivity contribution in [1.82, 2.24) is 39.3 Å². The Hall–Kier alpha value is -3.14. The van der Waals surface area contributed by atoms with Crippen LogP contribution in [0.2, 0.25) is 0 Å². The van der Waals surface area contributed by atoms with Crippen molar-refractivity contribution in [2.75, 3.05) is 4.90 Å². The van der Waals surface area contributed by atoms with E-state index in [0.29, 0.717) is 12.0 Å². The van der Waals surface area contributed by atoms with Gasteiger partial charge < -0.3 is 4.90 Å². The van der Waals surface area contributed by atoms with Crippen LogP contribution >= 0.6 is 11.3 Å². The molecule has 29 heavy (non-hydrogen) atoms. The van der Waals surface area contributed by atoms with Crippen molar-refractivity contribution in [2.24, 2.45) is 0 Å². The molecule has 0 aromatic carbocycles. The zero-order valence-corrected chi connectivity index (χ0v) is 16.7. The number of thiazole rings is 1. The molecule has 10 heteroatoms. The fourth-order valence-electron chi connectivity index (χ4n) is 4.19. The van der Waals surface area contributed by atoms with Crippen LogP contribution in [-0.2, 0) is 0 Å². The van der Waals surface area contributed by atoms with Gasteiger partial charge in [0.25, 0.3) is 0 Å². The number of hydrogen-bond donors (Lipinski definition) is 0. The summed E-state index contributed by atoms with van der Waals surface area (Å²) in [6, 6.07) is 0.646. The second-order valence-corrected chi connectivity index (χ2v) is 8.21. The second-order valence-electron chi connectivity index (χ2n) is 7.31. The number of nitrogens with zero attached hydrogens (tertiary/aromatic N) is 9. The molecule has 0 saturated heterocycles. The fourth-order valence-corrected chi connectivity index (χ4v) is 4.82. The SMILES string of the molecule is CC[C@@H]1c2nncn2-c2cnc(-n3ccnc3-c3nccs3)nc2N1C1CCC1. The van der Waals surface area contributed by atoms with E-state index in [1.807, 2.05) is 26.9 Å². The van der Waals surface area contributed by atoms with Gasteiger partial charge in [0.05, 0.1) is 12.2 Å². The number of fused-ring (bicyclic) bond motifs is 3. The van der Waals surface area contributed by atoms with Gasteiger partial charge in [0.2, 0.25) is 5.95 Å². The normalized spacial score (nSPS) is 18.4. The van der Waals surface area contributed by atoms with Crippen LogP contribution in [0.5, 0.6) is 0 Å². The van der Waals surface area contributed by atoms with Crippen LogP contribution in [0.15, 0.2) is 36.5 Å². The molecule has 0 unspecified atom stereocenters. The van der Waals surface area contributed by atoms with E-state index in [2.05, 4.69) is 37.0 Å². The molecular formula is C19H19N9S. The standard InChI is InChI=1S/C19H19N9S/c1-2-13-16-25-23-11-27(16)14-10-22-19(24-15(14)28(13)12-4-3-5-12)26-8-6-20-17(26)18-21-7-9-29-18/h6-13H,2-5H2,1H3/t13-/m1/s1. The van der Waals surface area contributed by atoms with Gasteiger partial charge in [-0.25, -0.2) is 15.0 Å². The van der Waals surface area contributed by atoms with Gasteiger partial charge in [-0.15, -0.1) is 21.5 Å². The van der Waals surface area contributed by atoms with Gasteiger partial charge in [0.1, 0.15) is 12.0 Å². The molecule has 9 nitrogen and oxygen atoms in total. The van der Waals surface area contributed by atoms with E-state index in [9.17, 15) is 0 Å². The molecule has 6 rings (SSSR count). The summed E-state index contributed by atoms with van der Waals surface area (Å²) < 4.78 is 3.93. The Bertz CT molecular complexity index is 1160. The predicted octanol–water partition coefficient (Wildman–Crippen LogP) is 3.19. The minimum atomic E-state index is 0.166. The van der Waals surface area contributed by atoms with Crippen molar-refractivity contribution >= 4 is 17.2 Å². The molecule has 146 valence electrons. The first kappa shape index (κ1) is 16.8. The van der Waals surface area contributed by atoms with E-state index in [0.717, 1.165) is 34.6 Å². The largest absolute Gasteiger partial charge is 0.341 e. The minimum Gasteiger partial charge on any atom is -0.341 e. The molecule has 0 bridgehead atoms. The molecule has 0 amide bonds. The molecule has 0 spiro atoms. The van der Waals surface area contributed by atoms with Gasteiger partial charge in [-0.2, -0.15) is 4.98 Å². The number of hydrogen-bond acceptors (Lipinski definition) is 8. The van der Waals surface area contributed by atoms with E-state index < -0.39 is 0 Å². The van der Waals surface area contributed by atoms with Crippen molar-refractivity contribution in [3.63, 3.8) is 0 Å². The van der Waals surface area contributed by atoms with Gasteiger partial charge in [0, 0.05) is 30.0 Å². The number of aromatic nitrogens is 8. The van der Waals surface area contributed by atoms with Crippen molar-refractivity contribution in [3.8, 4) is 22.5 Å². The summed E-state index contributed by atoms with van der Waals surface area (Å²) in [5.41, 5.74) is 0.932. The topological polar surface area (TPSA) is 90.4 Å². The predicted molar refractivity (Wildman–Crippen MR) is 108 cm³/mol. The van der Waals surface area contributed by atoms with Crippen LogP contribution in [0.3, 0.4) is 0 Å². The summed E-state index contributed by atoms with van der Waals surface area (Å²) in [4.78, 5) is 21.0. The molecule has 2 aliphatic rings. The summed E-state index contributed by atoms with van der Waals surface area (Å²) in [5, 5.41) is 11.4. The van der Waals surface area contributed by atoms with E-state index in [1.165, 1.54) is 19.3 Å². The summed E-state index contributed by atoms with van der Waals surface area (Å²) in [7, 11) is 0. The third-order valence-electron chi connectivity index (χ3n) is 5.78. The Balaban J connectivity index is 1.52. The van der Waals surface area contributed by atoms with Crippen LogP contribution in [0.1, 0.15) is 44.5 Å². The first-order valence-electron chi connectivity index (χ1n) is 9.84. The first-order chi connectivity index (χ1) is 14.3. The highest BCUT2D eigenvalue weighted by Gasteiger charge is 2.39. The number of imidazole rings is 1. The van der Waals surface area contributed by atoms with E-state index in [4.69, 9.17) is 4.98 Å². The maximum Gasteiger partial charge on any atom is 0.237 e. The average molecular weight is 405 g/mol.